The second-order valence-electron chi connectivity index (χ2n) is 6.42. The minimum Gasteiger partial charge on any atom is -0.373 e. The number of hydrogen-bond acceptors (Lipinski definition) is 3. The summed E-state index contributed by atoms with van der Waals surface area (Å²) in [6, 6.07) is 4.04. The summed E-state index contributed by atoms with van der Waals surface area (Å²) < 4.78 is 0. The Hall–Kier alpha value is -1.58. The fourth-order valence-electron chi connectivity index (χ4n) is 1.95. The first-order valence-corrected chi connectivity index (χ1v) is 6.82. The van der Waals surface area contributed by atoms with Gasteiger partial charge in [-0.25, -0.2) is 4.98 Å². The summed E-state index contributed by atoms with van der Waals surface area (Å²) >= 11 is 0. The van der Waals surface area contributed by atoms with E-state index in [9.17, 15) is 4.79 Å². The molecule has 104 valence electrons. The van der Waals surface area contributed by atoms with Gasteiger partial charge in [0.25, 0.3) is 5.91 Å². The maximum absolute atomic E-state index is 12.2. The van der Waals surface area contributed by atoms with Gasteiger partial charge in [0.15, 0.2) is 0 Å². The van der Waals surface area contributed by atoms with Crippen molar-refractivity contribution in [2.75, 3.05) is 12.4 Å². The van der Waals surface area contributed by atoms with E-state index in [4.69, 9.17) is 0 Å². The first-order chi connectivity index (χ1) is 8.81. The van der Waals surface area contributed by atoms with Crippen LogP contribution >= 0.6 is 0 Å². The lowest BCUT2D eigenvalue weighted by molar-refractivity contribution is 0.0949. The average molecular weight is 261 g/mol. The maximum Gasteiger partial charge on any atom is 0.251 e. The molecule has 0 saturated heterocycles. The minimum atomic E-state index is -0.0746. The van der Waals surface area contributed by atoms with E-state index < -0.39 is 0 Å². The Kier molecular flexibility index (Phi) is 3.52. The predicted molar refractivity (Wildman–Crippen MR) is 77.5 cm³/mol. The van der Waals surface area contributed by atoms with Crippen LogP contribution in [0.2, 0.25) is 0 Å². The topological polar surface area (TPSA) is 54.0 Å². The van der Waals surface area contributed by atoms with Crippen LogP contribution in [0.3, 0.4) is 0 Å². The molecular weight excluding hydrogens is 238 g/mol. The van der Waals surface area contributed by atoms with Crippen LogP contribution in [0.4, 0.5) is 5.82 Å². The number of nitrogens with zero attached hydrogens (tertiary/aromatic N) is 1. The van der Waals surface area contributed by atoms with E-state index in [1.54, 1.807) is 6.07 Å². The number of pyridine rings is 1. The summed E-state index contributed by atoms with van der Waals surface area (Å²) in [6.07, 6.45) is 1.09. The molecule has 2 rings (SSSR count). The Morgan fingerprint density at radius 2 is 2.00 bits per heavy atom. The SMILES string of the molecule is CNc1cc(C(=O)NC2CC2C)cc(C(C)(C)C)n1. The Balaban J connectivity index is 2.26. The summed E-state index contributed by atoms with van der Waals surface area (Å²) in [4.78, 5) is 16.7. The second kappa shape index (κ2) is 4.83. The van der Waals surface area contributed by atoms with Crippen LogP contribution in [-0.4, -0.2) is 24.0 Å². The first kappa shape index (κ1) is 13.8. The molecule has 19 heavy (non-hydrogen) atoms. The fourth-order valence-corrected chi connectivity index (χ4v) is 1.95. The van der Waals surface area contributed by atoms with Gasteiger partial charge in [0.2, 0.25) is 0 Å². The maximum atomic E-state index is 12.2. The van der Waals surface area contributed by atoms with Crippen LogP contribution in [0.5, 0.6) is 0 Å². The second-order valence-corrected chi connectivity index (χ2v) is 6.42. The van der Waals surface area contributed by atoms with Crippen molar-refractivity contribution in [1.29, 1.82) is 0 Å². The number of amides is 1. The molecule has 2 atom stereocenters. The van der Waals surface area contributed by atoms with Crippen molar-refractivity contribution in [3.05, 3.63) is 23.4 Å². The smallest absolute Gasteiger partial charge is 0.251 e. The van der Waals surface area contributed by atoms with Crippen LogP contribution in [-0.2, 0) is 5.41 Å². The third kappa shape index (κ3) is 3.25. The molecule has 0 aliphatic heterocycles. The standard InChI is InChI=1S/C15H23N3O/c1-9-6-11(9)17-14(19)10-7-12(15(2,3)4)18-13(8-10)16-5/h7-9,11H,6H2,1-5H3,(H,16,18)(H,17,19). The lowest BCUT2D eigenvalue weighted by atomic mass is 9.90. The van der Waals surface area contributed by atoms with Crippen LogP contribution in [0.15, 0.2) is 12.1 Å². The molecule has 0 bridgehead atoms. The number of anilines is 1. The van der Waals surface area contributed by atoms with Crippen molar-refractivity contribution < 1.29 is 4.79 Å². The van der Waals surface area contributed by atoms with Crippen LogP contribution < -0.4 is 10.6 Å². The highest BCUT2D eigenvalue weighted by Gasteiger charge is 2.34. The summed E-state index contributed by atoms with van der Waals surface area (Å²) in [6.45, 7) is 8.44. The summed E-state index contributed by atoms with van der Waals surface area (Å²) in [5.74, 6) is 1.34. The molecule has 0 radical (unpaired) electrons. The van der Waals surface area contributed by atoms with Crippen LogP contribution in [0, 0.1) is 5.92 Å². The Labute approximate surface area is 115 Å². The van der Waals surface area contributed by atoms with Gasteiger partial charge in [-0.2, -0.15) is 0 Å². The largest absolute Gasteiger partial charge is 0.373 e. The van der Waals surface area contributed by atoms with Gasteiger partial charge in [-0.1, -0.05) is 27.7 Å². The summed E-state index contributed by atoms with van der Waals surface area (Å²) in [5, 5.41) is 6.08. The molecule has 1 aliphatic carbocycles. The van der Waals surface area contributed by atoms with Crippen molar-refractivity contribution in [1.82, 2.24) is 10.3 Å². The van der Waals surface area contributed by atoms with Crippen molar-refractivity contribution in [3.8, 4) is 0 Å². The number of carbonyl (C=O) groups is 1. The van der Waals surface area contributed by atoms with E-state index in [1.807, 2.05) is 13.1 Å². The number of aromatic nitrogens is 1. The molecule has 1 fully saturated rings. The average Bonchev–Trinajstić information content (AvgIpc) is 3.03. The quantitative estimate of drug-likeness (QED) is 0.879. The molecule has 1 amide bonds. The van der Waals surface area contributed by atoms with E-state index in [0.29, 0.717) is 17.5 Å². The normalized spacial score (nSPS) is 21.9. The molecule has 1 aliphatic rings. The van der Waals surface area contributed by atoms with Gasteiger partial charge in [0.05, 0.1) is 0 Å². The lowest BCUT2D eigenvalue weighted by Crippen LogP contribution is -2.27. The highest BCUT2D eigenvalue weighted by atomic mass is 16.1. The number of carbonyl (C=O) groups excluding carboxylic acids is 1. The Bertz CT molecular complexity index is 491. The van der Waals surface area contributed by atoms with E-state index >= 15 is 0 Å². The Morgan fingerprint density at radius 1 is 1.37 bits per heavy atom. The molecule has 1 aromatic heterocycles. The molecule has 2 N–H and O–H groups in total. The summed E-state index contributed by atoms with van der Waals surface area (Å²) in [5.41, 5.74) is 1.53. The predicted octanol–water partition coefficient (Wildman–Crippen LogP) is 2.56. The van der Waals surface area contributed by atoms with Gasteiger partial charge in [-0.05, 0) is 24.5 Å². The molecule has 0 aromatic carbocycles. The van der Waals surface area contributed by atoms with Crippen molar-refractivity contribution >= 4 is 11.7 Å². The molecule has 2 unspecified atom stereocenters. The third-order valence-corrected chi connectivity index (χ3v) is 3.54. The highest BCUT2D eigenvalue weighted by Crippen LogP contribution is 2.29. The van der Waals surface area contributed by atoms with E-state index in [-0.39, 0.29) is 11.3 Å². The van der Waals surface area contributed by atoms with E-state index in [0.717, 1.165) is 17.9 Å². The molecule has 1 saturated carbocycles. The Morgan fingerprint density at radius 3 is 2.47 bits per heavy atom. The molecular formula is C15H23N3O. The highest BCUT2D eigenvalue weighted by molar-refractivity contribution is 5.95. The van der Waals surface area contributed by atoms with Gasteiger partial charge in [0.1, 0.15) is 5.82 Å². The molecule has 0 spiro atoms. The number of nitrogens with one attached hydrogen (secondary N) is 2. The van der Waals surface area contributed by atoms with Gasteiger partial charge >= 0.3 is 0 Å². The van der Waals surface area contributed by atoms with E-state index in [1.165, 1.54) is 0 Å². The van der Waals surface area contributed by atoms with E-state index in [2.05, 4.69) is 43.3 Å². The number of rotatable bonds is 3. The van der Waals surface area contributed by atoms with Gasteiger partial charge in [-0.15, -0.1) is 0 Å². The molecule has 1 aromatic rings. The lowest BCUT2D eigenvalue weighted by Gasteiger charge is -2.19. The third-order valence-electron chi connectivity index (χ3n) is 3.54. The monoisotopic (exact) mass is 261 g/mol. The molecule has 4 heteroatoms. The first-order valence-electron chi connectivity index (χ1n) is 6.82. The van der Waals surface area contributed by atoms with Crippen molar-refractivity contribution in [2.45, 2.75) is 45.6 Å². The summed E-state index contributed by atoms with van der Waals surface area (Å²) in [7, 11) is 1.82. The zero-order valence-electron chi connectivity index (χ0n) is 12.4. The number of hydrogen-bond donors (Lipinski definition) is 2. The van der Waals surface area contributed by atoms with Gasteiger partial charge in [-0.3, -0.25) is 4.79 Å². The zero-order chi connectivity index (χ0) is 14.2. The molecule has 4 nitrogen and oxygen atoms in total. The minimum absolute atomic E-state index is 0.00116. The van der Waals surface area contributed by atoms with Crippen LogP contribution in [0.1, 0.15) is 50.2 Å². The van der Waals surface area contributed by atoms with Crippen LogP contribution in [0.25, 0.3) is 0 Å². The zero-order valence-corrected chi connectivity index (χ0v) is 12.4. The van der Waals surface area contributed by atoms with Crippen molar-refractivity contribution in [3.63, 3.8) is 0 Å². The van der Waals surface area contributed by atoms with Gasteiger partial charge in [0, 0.05) is 29.8 Å². The van der Waals surface area contributed by atoms with Gasteiger partial charge < -0.3 is 10.6 Å². The fraction of sp³-hybridized carbons (Fsp3) is 0.600. The van der Waals surface area contributed by atoms with Crippen molar-refractivity contribution in [2.24, 2.45) is 5.92 Å². The molecule has 1 heterocycles.